The summed E-state index contributed by atoms with van der Waals surface area (Å²) in [5, 5.41) is 8.46. The number of anilines is 1. The van der Waals surface area contributed by atoms with Crippen molar-refractivity contribution in [2.45, 2.75) is 12.1 Å². The number of fused-ring (bicyclic) bond motifs is 3. The van der Waals surface area contributed by atoms with Gasteiger partial charge in [0.2, 0.25) is 5.95 Å². The number of nitrogens with zero attached hydrogens (tertiary/aromatic N) is 3. The molecule has 0 saturated heterocycles. The molecule has 2 atom stereocenters. The highest BCUT2D eigenvalue weighted by molar-refractivity contribution is 6.30. The van der Waals surface area contributed by atoms with Crippen molar-refractivity contribution >= 4 is 23.2 Å². The summed E-state index contributed by atoms with van der Waals surface area (Å²) in [6.45, 7) is 0. The third-order valence-electron chi connectivity index (χ3n) is 5.69. The zero-order valence-corrected chi connectivity index (χ0v) is 16.9. The average Bonchev–Trinajstić information content (AvgIpc) is 3.27. The van der Waals surface area contributed by atoms with Crippen LogP contribution in [-0.4, -0.2) is 14.8 Å². The summed E-state index contributed by atoms with van der Waals surface area (Å²) in [5.74, 6) is 0.990. The van der Waals surface area contributed by atoms with Crippen LogP contribution in [0.5, 0.6) is 5.75 Å². The van der Waals surface area contributed by atoms with Crippen LogP contribution >= 0.6 is 11.6 Å². The number of hydrogen-bond donors (Lipinski definition) is 1. The van der Waals surface area contributed by atoms with E-state index in [2.05, 4.69) is 15.4 Å². The average molecular weight is 431 g/mol. The summed E-state index contributed by atoms with van der Waals surface area (Å²) in [5.41, 5.74) is 4.04. The molecule has 31 heavy (non-hydrogen) atoms. The molecule has 0 aliphatic carbocycles. The highest BCUT2D eigenvalue weighted by atomic mass is 35.5. The summed E-state index contributed by atoms with van der Waals surface area (Å²) >= 11 is 6.13. The highest BCUT2D eigenvalue weighted by Gasteiger charge is 2.41. The Balaban J connectivity index is 1.65. The van der Waals surface area contributed by atoms with E-state index in [0.29, 0.717) is 16.5 Å². The minimum atomic E-state index is -0.524. The molecule has 4 aromatic rings. The van der Waals surface area contributed by atoms with Crippen LogP contribution in [-0.2, 0) is 0 Å². The molecule has 0 fully saturated rings. The minimum Gasteiger partial charge on any atom is -0.480 e. The molecular weight excluding hydrogens is 415 g/mol. The molecule has 2 aliphatic heterocycles. The predicted molar refractivity (Wildman–Crippen MR) is 116 cm³/mol. The lowest BCUT2D eigenvalue weighted by Crippen LogP contribution is -2.32. The van der Waals surface area contributed by atoms with Crippen LogP contribution in [0.3, 0.4) is 0 Å². The van der Waals surface area contributed by atoms with Gasteiger partial charge in [-0.3, -0.25) is 0 Å². The molecule has 152 valence electrons. The third-order valence-corrected chi connectivity index (χ3v) is 5.95. The van der Waals surface area contributed by atoms with E-state index in [1.54, 1.807) is 16.8 Å². The summed E-state index contributed by atoms with van der Waals surface area (Å²) in [6, 6.07) is 21.5. The van der Waals surface area contributed by atoms with Gasteiger partial charge in [0.05, 0.1) is 5.70 Å². The molecule has 0 amide bonds. The van der Waals surface area contributed by atoms with Gasteiger partial charge >= 0.3 is 0 Å². The standard InChI is InChI=1S/C24H16ClFN4O/c25-15-11-9-14(10-12-15)23-20-21(17-6-2-4-8-19(17)31-23)29-24-27-13-28-30(24)22(20)16-5-1-3-7-18(16)26/h1-13,22-23H,(H,27,28,29). The lowest BCUT2D eigenvalue weighted by Gasteiger charge is -2.39. The van der Waals surface area contributed by atoms with E-state index in [9.17, 15) is 0 Å². The monoisotopic (exact) mass is 430 g/mol. The van der Waals surface area contributed by atoms with Gasteiger partial charge in [0, 0.05) is 21.7 Å². The van der Waals surface area contributed by atoms with E-state index in [1.807, 2.05) is 54.6 Å². The van der Waals surface area contributed by atoms with E-state index in [-0.39, 0.29) is 5.82 Å². The second-order valence-corrected chi connectivity index (χ2v) is 7.89. The molecule has 7 heteroatoms. The molecule has 5 nitrogen and oxygen atoms in total. The van der Waals surface area contributed by atoms with Gasteiger partial charge in [-0.15, -0.1) is 0 Å². The Labute approximate surface area is 182 Å². The first kappa shape index (κ1) is 18.2. The minimum absolute atomic E-state index is 0.309. The topological polar surface area (TPSA) is 52.0 Å². The van der Waals surface area contributed by atoms with Crippen molar-refractivity contribution < 1.29 is 9.13 Å². The lowest BCUT2D eigenvalue weighted by atomic mass is 9.84. The van der Waals surface area contributed by atoms with E-state index in [4.69, 9.17) is 16.3 Å². The zero-order valence-electron chi connectivity index (χ0n) is 16.2. The maximum Gasteiger partial charge on any atom is 0.226 e. The SMILES string of the molecule is Fc1ccccc1C1C2=C(Nc3ncnn31)c1ccccc1OC2c1ccc(Cl)cc1. The van der Waals surface area contributed by atoms with Crippen molar-refractivity contribution in [1.82, 2.24) is 14.8 Å². The highest BCUT2D eigenvalue weighted by Crippen LogP contribution is 2.50. The number of para-hydroxylation sites is 1. The van der Waals surface area contributed by atoms with Gasteiger partial charge in [-0.25, -0.2) is 9.07 Å². The van der Waals surface area contributed by atoms with E-state index in [0.717, 1.165) is 28.1 Å². The first-order valence-corrected chi connectivity index (χ1v) is 10.2. The van der Waals surface area contributed by atoms with Crippen molar-refractivity contribution in [3.05, 3.63) is 112 Å². The normalized spacial score (nSPS) is 19.0. The van der Waals surface area contributed by atoms with Crippen LogP contribution in [0.4, 0.5) is 10.3 Å². The maximum absolute atomic E-state index is 15.0. The van der Waals surface area contributed by atoms with Gasteiger partial charge in [0.1, 0.15) is 30.0 Å². The lowest BCUT2D eigenvalue weighted by molar-refractivity contribution is 0.222. The summed E-state index contributed by atoms with van der Waals surface area (Å²) in [6.07, 6.45) is 1.01. The first-order chi connectivity index (χ1) is 15.2. The smallest absolute Gasteiger partial charge is 0.226 e. The number of nitrogens with one attached hydrogen (secondary N) is 1. The van der Waals surface area contributed by atoms with Gasteiger partial charge in [-0.2, -0.15) is 10.1 Å². The van der Waals surface area contributed by atoms with Gasteiger partial charge in [-0.05, 0) is 35.9 Å². The van der Waals surface area contributed by atoms with Gasteiger partial charge in [0.25, 0.3) is 0 Å². The number of rotatable bonds is 2. The molecular formula is C24H16ClFN4O. The van der Waals surface area contributed by atoms with Crippen molar-refractivity contribution in [1.29, 1.82) is 0 Å². The zero-order chi connectivity index (χ0) is 20.9. The Morgan fingerprint density at radius 2 is 1.74 bits per heavy atom. The molecule has 0 saturated carbocycles. The van der Waals surface area contributed by atoms with Gasteiger partial charge in [-0.1, -0.05) is 54.1 Å². The molecule has 1 aromatic heterocycles. The second-order valence-electron chi connectivity index (χ2n) is 7.45. The van der Waals surface area contributed by atoms with Crippen LogP contribution in [0.1, 0.15) is 28.8 Å². The van der Waals surface area contributed by atoms with Gasteiger partial charge in [0.15, 0.2) is 0 Å². The third kappa shape index (κ3) is 2.83. The summed E-state index contributed by atoms with van der Waals surface area (Å²) in [4.78, 5) is 4.36. The molecule has 6 rings (SSSR count). The molecule has 1 N–H and O–H groups in total. The Kier molecular flexibility index (Phi) is 4.07. The largest absolute Gasteiger partial charge is 0.480 e. The fourth-order valence-corrected chi connectivity index (χ4v) is 4.45. The molecule has 0 radical (unpaired) electrons. The fourth-order valence-electron chi connectivity index (χ4n) is 4.33. The Hall–Kier alpha value is -3.64. The fraction of sp³-hybridized carbons (Fsp3) is 0.0833. The quantitative estimate of drug-likeness (QED) is 0.447. The van der Waals surface area contributed by atoms with Crippen molar-refractivity contribution in [3.8, 4) is 5.75 Å². The van der Waals surface area contributed by atoms with Crippen molar-refractivity contribution in [3.63, 3.8) is 0 Å². The molecule has 0 bridgehead atoms. The van der Waals surface area contributed by atoms with Crippen LogP contribution in [0.2, 0.25) is 5.02 Å². The Morgan fingerprint density at radius 3 is 2.58 bits per heavy atom. The second kappa shape index (κ2) is 6.96. The van der Waals surface area contributed by atoms with E-state index in [1.165, 1.54) is 12.4 Å². The van der Waals surface area contributed by atoms with Crippen LogP contribution in [0.15, 0.2) is 84.7 Å². The maximum atomic E-state index is 15.0. The molecule has 0 spiro atoms. The number of halogens is 2. The molecule has 3 heterocycles. The molecule has 2 unspecified atom stereocenters. The van der Waals surface area contributed by atoms with E-state index < -0.39 is 12.1 Å². The van der Waals surface area contributed by atoms with Gasteiger partial charge < -0.3 is 10.1 Å². The van der Waals surface area contributed by atoms with Crippen LogP contribution in [0, 0.1) is 5.82 Å². The number of hydrogen-bond acceptors (Lipinski definition) is 4. The number of benzene rings is 3. The van der Waals surface area contributed by atoms with Crippen LogP contribution in [0.25, 0.3) is 5.70 Å². The first-order valence-electron chi connectivity index (χ1n) is 9.87. The molecule has 3 aromatic carbocycles. The number of aromatic nitrogens is 3. The predicted octanol–water partition coefficient (Wildman–Crippen LogP) is 5.63. The van der Waals surface area contributed by atoms with E-state index >= 15 is 4.39 Å². The summed E-state index contributed by atoms with van der Waals surface area (Å²) in [7, 11) is 0. The Morgan fingerprint density at radius 1 is 0.968 bits per heavy atom. The number of ether oxygens (including phenoxy) is 1. The summed E-state index contributed by atoms with van der Waals surface area (Å²) < 4.78 is 23.2. The van der Waals surface area contributed by atoms with Crippen molar-refractivity contribution in [2.75, 3.05) is 5.32 Å². The van der Waals surface area contributed by atoms with Crippen molar-refractivity contribution in [2.24, 2.45) is 0 Å². The Bertz CT molecular complexity index is 1330. The van der Waals surface area contributed by atoms with Crippen LogP contribution < -0.4 is 10.1 Å². The molecule has 2 aliphatic rings.